The zero-order chi connectivity index (χ0) is 18.7. The van der Waals surface area contributed by atoms with E-state index < -0.39 is 11.5 Å². The molecule has 146 valence electrons. The summed E-state index contributed by atoms with van der Waals surface area (Å²) in [6, 6.07) is 0. The molecule has 0 aliphatic heterocycles. The van der Waals surface area contributed by atoms with Crippen molar-refractivity contribution in [2.24, 2.45) is 40.2 Å². The van der Waals surface area contributed by atoms with Crippen LogP contribution < -0.4 is 5.73 Å². The molecule has 0 aromatic carbocycles. The number of allylic oxidation sites excluding steroid dienone is 1. The molecule has 0 aromatic rings. The van der Waals surface area contributed by atoms with Gasteiger partial charge in [-0.25, -0.2) is 0 Å². The topological polar surface area (TPSA) is 83.5 Å². The second-order valence-electron chi connectivity index (χ2n) is 10.2. The zero-order valence-corrected chi connectivity index (χ0v) is 16.3. The Morgan fingerprint density at radius 2 is 1.81 bits per heavy atom. The Labute approximate surface area is 157 Å². The molecule has 4 rings (SSSR count). The van der Waals surface area contributed by atoms with Crippen LogP contribution in [0.25, 0.3) is 0 Å². The summed E-state index contributed by atoms with van der Waals surface area (Å²) in [6.45, 7) is 4.68. The zero-order valence-electron chi connectivity index (χ0n) is 16.3. The Balaban J connectivity index is 1.63. The molecule has 0 bridgehead atoms. The van der Waals surface area contributed by atoms with Gasteiger partial charge in [-0.05, 0) is 93.0 Å². The van der Waals surface area contributed by atoms with Crippen LogP contribution in [-0.2, 0) is 4.79 Å². The second kappa shape index (κ2) is 6.07. The van der Waals surface area contributed by atoms with Gasteiger partial charge in [-0.2, -0.15) is 0 Å². The van der Waals surface area contributed by atoms with Crippen molar-refractivity contribution in [3.63, 3.8) is 0 Å². The van der Waals surface area contributed by atoms with Crippen LogP contribution in [0.2, 0.25) is 0 Å². The standard InChI is InChI=1S/C22H35NO3/c1-20-10-8-16(24)13-15(20)3-5-18-17(20)9-11-21(2)14(4-6-19(23)25)7-12-22(18,21)26/h4,6,14-18,24,26H,3,5,7-13H2,1-2H3,(H2,23,25)/b6-4+/t14-,15+,16-,17-,18+,20-,21+,22-/m0/s1. The molecule has 26 heavy (non-hydrogen) atoms. The molecule has 4 saturated carbocycles. The largest absolute Gasteiger partial charge is 0.393 e. The van der Waals surface area contributed by atoms with Crippen LogP contribution >= 0.6 is 0 Å². The number of nitrogens with two attached hydrogens (primary N) is 1. The van der Waals surface area contributed by atoms with Gasteiger partial charge in [-0.1, -0.05) is 19.9 Å². The predicted molar refractivity (Wildman–Crippen MR) is 101 cm³/mol. The van der Waals surface area contributed by atoms with Crippen LogP contribution in [0.3, 0.4) is 0 Å². The Kier molecular flexibility index (Phi) is 4.31. The van der Waals surface area contributed by atoms with Crippen molar-refractivity contribution in [3.05, 3.63) is 12.2 Å². The number of hydrogen-bond donors (Lipinski definition) is 3. The second-order valence-corrected chi connectivity index (χ2v) is 10.2. The number of aliphatic hydroxyl groups excluding tert-OH is 1. The molecule has 0 saturated heterocycles. The first kappa shape index (κ1) is 18.5. The third-order valence-corrected chi connectivity index (χ3v) is 9.39. The van der Waals surface area contributed by atoms with E-state index in [2.05, 4.69) is 13.8 Å². The first-order valence-corrected chi connectivity index (χ1v) is 10.6. The van der Waals surface area contributed by atoms with E-state index in [4.69, 9.17) is 5.73 Å². The molecule has 0 radical (unpaired) electrons. The van der Waals surface area contributed by atoms with Gasteiger partial charge in [-0.15, -0.1) is 0 Å². The van der Waals surface area contributed by atoms with Crippen LogP contribution in [0.1, 0.15) is 71.6 Å². The molecular weight excluding hydrogens is 326 g/mol. The summed E-state index contributed by atoms with van der Waals surface area (Å²) in [5.74, 6) is 1.36. The lowest BCUT2D eigenvalue weighted by Gasteiger charge is -2.63. The maximum atomic E-state index is 12.0. The predicted octanol–water partition coefficient (Wildman–Crippen LogP) is 3.16. The molecular formula is C22H35NO3. The maximum Gasteiger partial charge on any atom is 0.241 e. The monoisotopic (exact) mass is 361 g/mol. The van der Waals surface area contributed by atoms with Crippen LogP contribution in [0, 0.1) is 34.5 Å². The first-order valence-electron chi connectivity index (χ1n) is 10.6. The molecule has 4 nitrogen and oxygen atoms in total. The van der Waals surface area contributed by atoms with Crippen molar-refractivity contribution >= 4 is 5.91 Å². The van der Waals surface area contributed by atoms with Crippen LogP contribution in [0.5, 0.6) is 0 Å². The lowest BCUT2D eigenvalue weighted by molar-refractivity contribution is -0.207. The van der Waals surface area contributed by atoms with Crippen molar-refractivity contribution in [2.45, 2.75) is 83.3 Å². The number of rotatable bonds is 2. The van der Waals surface area contributed by atoms with Gasteiger partial charge in [0.25, 0.3) is 0 Å². The Bertz CT molecular complexity index is 619. The van der Waals surface area contributed by atoms with E-state index >= 15 is 0 Å². The highest BCUT2D eigenvalue weighted by atomic mass is 16.3. The van der Waals surface area contributed by atoms with Gasteiger partial charge in [-0.3, -0.25) is 4.79 Å². The van der Waals surface area contributed by atoms with Gasteiger partial charge in [0.2, 0.25) is 5.91 Å². The van der Waals surface area contributed by atoms with Crippen LogP contribution in [-0.4, -0.2) is 27.8 Å². The van der Waals surface area contributed by atoms with Gasteiger partial charge in [0.05, 0.1) is 11.7 Å². The van der Waals surface area contributed by atoms with E-state index in [1.165, 1.54) is 6.08 Å². The van der Waals surface area contributed by atoms with E-state index in [0.717, 1.165) is 57.8 Å². The van der Waals surface area contributed by atoms with Gasteiger partial charge in [0, 0.05) is 5.41 Å². The smallest absolute Gasteiger partial charge is 0.241 e. The molecule has 4 fully saturated rings. The number of carbonyl (C=O) groups is 1. The van der Waals surface area contributed by atoms with Crippen molar-refractivity contribution in [2.75, 3.05) is 0 Å². The highest BCUT2D eigenvalue weighted by Crippen LogP contribution is 2.69. The fraction of sp³-hybridized carbons (Fsp3) is 0.864. The average molecular weight is 362 g/mol. The summed E-state index contributed by atoms with van der Waals surface area (Å²) in [4.78, 5) is 11.2. The number of carbonyl (C=O) groups excluding carboxylic acids is 1. The molecule has 0 unspecified atom stereocenters. The molecule has 0 aromatic heterocycles. The lowest BCUT2D eigenvalue weighted by atomic mass is 9.43. The van der Waals surface area contributed by atoms with Crippen molar-refractivity contribution in [3.8, 4) is 0 Å². The summed E-state index contributed by atoms with van der Waals surface area (Å²) < 4.78 is 0. The summed E-state index contributed by atoms with van der Waals surface area (Å²) in [6.07, 6.45) is 12.4. The summed E-state index contributed by atoms with van der Waals surface area (Å²) >= 11 is 0. The number of amides is 1. The minimum Gasteiger partial charge on any atom is -0.393 e. The van der Waals surface area contributed by atoms with Crippen molar-refractivity contribution in [1.29, 1.82) is 0 Å². The van der Waals surface area contributed by atoms with E-state index in [0.29, 0.717) is 17.8 Å². The SMILES string of the molecule is C[C@]12CC[C@H](O)C[C@H]1CC[C@@H]1[C@@H]2CC[C@]2(C)[C@@H](/C=C/C(N)=O)CC[C@]12O. The van der Waals surface area contributed by atoms with E-state index in [1.807, 2.05) is 6.08 Å². The minimum atomic E-state index is -0.632. The van der Waals surface area contributed by atoms with Gasteiger partial charge < -0.3 is 15.9 Å². The Hall–Kier alpha value is -0.870. The number of fused-ring (bicyclic) bond motifs is 5. The third kappa shape index (κ3) is 2.44. The lowest BCUT2D eigenvalue weighted by Crippen LogP contribution is -2.62. The minimum absolute atomic E-state index is 0.128. The maximum absolute atomic E-state index is 12.0. The summed E-state index contributed by atoms with van der Waals surface area (Å²) in [5, 5.41) is 22.1. The fourth-order valence-corrected chi connectivity index (χ4v) is 7.76. The average Bonchev–Trinajstić information content (AvgIpc) is 2.85. The third-order valence-electron chi connectivity index (χ3n) is 9.39. The first-order chi connectivity index (χ1) is 12.2. The molecule has 4 heteroatoms. The number of primary amides is 1. The van der Waals surface area contributed by atoms with Crippen LogP contribution in [0.15, 0.2) is 12.2 Å². The normalized spacial score (nSPS) is 53.8. The number of hydrogen-bond acceptors (Lipinski definition) is 3. The highest BCUT2D eigenvalue weighted by Gasteiger charge is 2.66. The summed E-state index contributed by atoms with van der Waals surface area (Å²) in [7, 11) is 0. The fourth-order valence-electron chi connectivity index (χ4n) is 7.76. The molecule has 0 heterocycles. The van der Waals surface area contributed by atoms with Crippen LogP contribution in [0.4, 0.5) is 0 Å². The van der Waals surface area contributed by atoms with E-state index in [-0.39, 0.29) is 22.9 Å². The van der Waals surface area contributed by atoms with Gasteiger partial charge >= 0.3 is 0 Å². The molecule has 8 atom stereocenters. The molecule has 4 N–H and O–H groups in total. The quantitative estimate of drug-likeness (QED) is 0.661. The molecule has 4 aliphatic carbocycles. The van der Waals surface area contributed by atoms with Gasteiger partial charge in [0.15, 0.2) is 0 Å². The number of aliphatic hydroxyl groups is 2. The molecule has 0 spiro atoms. The molecule has 4 aliphatic rings. The van der Waals surface area contributed by atoms with Crippen molar-refractivity contribution < 1.29 is 15.0 Å². The highest BCUT2D eigenvalue weighted by molar-refractivity contribution is 5.85. The van der Waals surface area contributed by atoms with Crippen molar-refractivity contribution in [1.82, 2.24) is 0 Å². The van der Waals surface area contributed by atoms with Gasteiger partial charge in [0.1, 0.15) is 0 Å². The summed E-state index contributed by atoms with van der Waals surface area (Å²) in [5.41, 5.74) is 4.79. The Morgan fingerprint density at radius 3 is 2.54 bits per heavy atom. The Morgan fingerprint density at radius 1 is 1.04 bits per heavy atom. The van der Waals surface area contributed by atoms with E-state index in [9.17, 15) is 15.0 Å². The van der Waals surface area contributed by atoms with E-state index in [1.54, 1.807) is 0 Å². The molecule has 1 amide bonds.